The Labute approximate surface area is 124 Å². The maximum absolute atomic E-state index is 10.1. The summed E-state index contributed by atoms with van der Waals surface area (Å²) in [6.45, 7) is 13.0. The lowest BCUT2D eigenvalue weighted by Crippen LogP contribution is -2.44. The molecule has 0 saturated heterocycles. The fourth-order valence-corrected chi connectivity index (χ4v) is 2.41. The molecule has 120 valence electrons. The molecule has 0 heterocycles. The van der Waals surface area contributed by atoms with E-state index >= 15 is 0 Å². The lowest BCUT2D eigenvalue weighted by atomic mass is 10.1. The van der Waals surface area contributed by atoms with Crippen molar-refractivity contribution in [3.8, 4) is 0 Å². The predicted molar refractivity (Wildman–Crippen MR) is 85.3 cm³/mol. The highest BCUT2D eigenvalue weighted by Crippen LogP contribution is 2.36. The molecule has 0 spiro atoms. The zero-order valence-corrected chi connectivity index (χ0v) is 14.8. The summed E-state index contributed by atoms with van der Waals surface area (Å²) in [4.78, 5) is 4.34. The number of hydrogen-bond donors (Lipinski definition) is 2. The van der Waals surface area contributed by atoms with Crippen LogP contribution in [-0.2, 0) is 9.31 Å². The van der Waals surface area contributed by atoms with Gasteiger partial charge in [0.05, 0.1) is 6.61 Å². The fraction of sp³-hybridized carbons (Fsp3) is 0.867. The molecule has 0 bridgehead atoms. The minimum Gasteiger partial charge on any atom is -0.414 e. The maximum atomic E-state index is 10.1. The van der Waals surface area contributed by atoms with Crippen LogP contribution in [-0.4, -0.2) is 37.5 Å². The second-order valence-electron chi connectivity index (χ2n) is 6.78. The van der Waals surface area contributed by atoms with Gasteiger partial charge in [-0.05, 0) is 24.6 Å². The van der Waals surface area contributed by atoms with Gasteiger partial charge in [0, 0.05) is 0 Å². The van der Waals surface area contributed by atoms with Gasteiger partial charge < -0.3 is 9.53 Å². The van der Waals surface area contributed by atoms with Gasteiger partial charge in [0.1, 0.15) is 12.2 Å². The van der Waals surface area contributed by atoms with Gasteiger partial charge in [-0.3, -0.25) is 5.26 Å². The van der Waals surface area contributed by atoms with Crippen LogP contribution >= 0.6 is 0 Å². The fourth-order valence-electron chi connectivity index (χ4n) is 1.39. The summed E-state index contributed by atoms with van der Waals surface area (Å²) < 4.78 is 5.93. The third-order valence-electron chi connectivity index (χ3n) is 3.97. The molecule has 0 aliphatic heterocycles. The molecule has 0 unspecified atom stereocenters. The Morgan fingerprint density at radius 3 is 2.30 bits per heavy atom. The van der Waals surface area contributed by atoms with Gasteiger partial charge in [0.15, 0.2) is 8.32 Å². The van der Waals surface area contributed by atoms with Crippen LogP contribution in [0.25, 0.3) is 0 Å². The molecule has 0 aliphatic carbocycles. The van der Waals surface area contributed by atoms with E-state index in [-0.39, 0.29) is 11.6 Å². The third-order valence-corrected chi connectivity index (χ3v) is 8.47. The van der Waals surface area contributed by atoms with Crippen LogP contribution in [0.2, 0.25) is 18.1 Å². The second-order valence-corrected chi connectivity index (χ2v) is 11.6. The Bertz CT molecular complexity index is 284. The van der Waals surface area contributed by atoms with E-state index < -0.39 is 20.5 Å². The van der Waals surface area contributed by atoms with Gasteiger partial charge >= 0.3 is 0 Å². The number of rotatable bonds is 9. The monoisotopic (exact) mass is 304 g/mol. The van der Waals surface area contributed by atoms with Crippen molar-refractivity contribution < 1.29 is 19.7 Å². The van der Waals surface area contributed by atoms with E-state index in [0.29, 0.717) is 0 Å². The molecule has 4 nitrogen and oxygen atoms in total. The highest BCUT2D eigenvalue weighted by atomic mass is 28.4. The van der Waals surface area contributed by atoms with Crippen LogP contribution < -0.4 is 0 Å². The summed E-state index contributed by atoms with van der Waals surface area (Å²) in [5, 5.41) is 19.0. The van der Waals surface area contributed by atoms with E-state index in [4.69, 9.17) is 9.68 Å². The smallest absolute Gasteiger partial charge is 0.192 e. The second kappa shape index (κ2) is 8.95. The molecule has 0 rings (SSSR count). The molecule has 5 heteroatoms. The molecule has 0 fully saturated rings. The standard InChI is InChI=1S/C15H32O4Si/c1-7-8-9-10-11-14(19-17)13(16)12-18-20(5,6)15(2,3)4/h10-11,13-14,16-17H,7-9,12H2,1-6H3/b11-10+/t13-,14+/m1/s1. The number of hydrogen-bond acceptors (Lipinski definition) is 4. The van der Waals surface area contributed by atoms with Gasteiger partial charge in [-0.1, -0.05) is 52.7 Å². The van der Waals surface area contributed by atoms with Crippen LogP contribution in [0.15, 0.2) is 12.2 Å². The summed E-state index contributed by atoms with van der Waals surface area (Å²) in [5.41, 5.74) is 0. The van der Waals surface area contributed by atoms with Crippen LogP contribution in [0.4, 0.5) is 0 Å². The Balaban J connectivity index is 4.35. The molecule has 20 heavy (non-hydrogen) atoms. The number of allylic oxidation sites excluding steroid dienone is 1. The number of unbranched alkanes of at least 4 members (excludes halogenated alkanes) is 2. The summed E-state index contributed by atoms with van der Waals surface area (Å²) in [7, 11) is -1.89. The Morgan fingerprint density at radius 2 is 1.85 bits per heavy atom. The van der Waals surface area contributed by atoms with Crippen molar-refractivity contribution in [2.75, 3.05) is 6.61 Å². The highest BCUT2D eigenvalue weighted by molar-refractivity contribution is 6.74. The maximum Gasteiger partial charge on any atom is 0.192 e. The van der Waals surface area contributed by atoms with Crippen LogP contribution in [0.1, 0.15) is 47.0 Å². The van der Waals surface area contributed by atoms with Crippen LogP contribution in [0.5, 0.6) is 0 Å². The predicted octanol–water partition coefficient (Wildman–Crippen LogP) is 3.97. The van der Waals surface area contributed by atoms with Crippen molar-refractivity contribution in [1.82, 2.24) is 0 Å². The molecule has 0 aromatic rings. The first-order valence-corrected chi connectivity index (χ1v) is 10.4. The third kappa shape index (κ3) is 6.99. The normalized spacial score (nSPS) is 16.6. The summed E-state index contributed by atoms with van der Waals surface area (Å²) in [5.74, 6) is 0. The first kappa shape index (κ1) is 19.8. The quantitative estimate of drug-likeness (QED) is 0.222. The van der Waals surface area contributed by atoms with Crippen molar-refractivity contribution in [3.63, 3.8) is 0 Å². The van der Waals surface area contributed by atoms with Gasteiger partial charge in [0.25, 0.3) is 0 Å². The molecule has 0 aromatic carbocycles. The van der Waals surface area contributed by atoms with Crippen LogP contribution in [0, 0.1) is 0 Å². The molecular formula is C15H32O4Si. The number of aliphatic hydroxyl groups excluding tert-OH is 1. The molecule has 0 aliphatic rings. The minimum absolute atomic E-state index is 0.0965. The summed E-state index contributed by atoms with van der Waals surface area (Å²) >= 11 is 0. The van der Waals surface area contributed by atoms with Gasteiger partial charge in [0.2, 0.25) is 0 Å². The molecule has 0 amide bonds. The van der Waals surface area contributed by atoms with Crippen molar-refractivity contribution in [2.45, 2.75) is 77.3 Å². The molecule has 2 atom stereocenters. The molecule has 0 aromatic heterocycles. The van der Waals surface area contributed by atoms with Crippen molar-refractivity contribution in [2.24, 2.45) is 0 Å². The van der Waals surface area contributed by atoms with E-state index in [1.807, 2.05) is 6.08 Å². The number of aliphatic hydroxyl groups is 1. The van der Waals surface area contributed by atoms with Gasteiger partial charge in [-0.25, -0.2) is 4.89 Å². The first-order valence-electron chi connectivity index (χ1n) is 7.44. The van der Waals surface area contributed by atoms with Gasteiger partial charge in [-0.2, -0.15) is 0 Å². The molecule has 0 saturated carbocycles. The zero-order valence-electron chi connectivity index (χ0n) is 13.8. The summed E-state index contributed by atoms with van der Waals surface area (Å²) in [6, 6.07) is 0. The Kier molecular flexibility index (Phi) is 8.86. The van der Waals surface area contributed by atoms with Gasteiger partial charge in [-0.15, -0.1) is 0 Å². The zero-order chi connectivity index (χ0) is 15.8. The largest absolute Gasteiger partial charge is 0.414 e. The van der Waals surface area contributed by atoms with E-state index in [9.17, 15) is 5.11 Å². The minimum atomic E-state index is -1.89. The first-order chi connectivity index (χ1) is 9.15. The molecular weight excluding hydrogens is 272 g/mol. The van der Waals surface area contributed by atoms with E-state index in [0.717, 1.165) is 19.3 Å². The SMILES string of the molecule is CCCC/C=C/[C@H](OO)[C@H](O)CO[Si](C)(C)C(C)(C)C. The lowest BCUT2D eigenvalue weighted by molar-refractivity contribution is -0.284. The Hall–Kier alpha value is -0.203. The lowest BCUT2D eigenvalue weighted by Gasteiger charge is -2.37. The van der Waals surface area contributed by atoms with E-state index in [1.54, 1.807) is 6.08 Å². The Morgan fingerprint density at radius 1 is 1.25 bits per heavy atom. The summed E-state index contributed by atoms with van der Waals surface area (Å²) in [6.07, 6.45) is 5.18. The van der Waals surface area contributed by atoms with Crippen LogP contribution in [0.3, 0.4) is 0 Å². The topological polar surface area (TPSA) is 58.9 Å². The molecule has 2 N–H and O–H groups in total. The van der Waals surface area contributed by atoms with E-state index in [2.05, 4.69) is 45.7 Å². The molecule has 0 radical (unpaired) electrons. The average molecular weight is 305 g/mol. The van der Waals surface area contributed by atoms with Crippen molar-refractivity contribution in [1.29, 1.82) is 0 Å². The van der Waals surface area contributed by atoms with Crippen molar-refractivity contribution in [3.05, 3.63) is 12.2 Å². The highest BCUT2D eigenvalue weighted by Gasteiger charge is 2.38. The van der Waals surface area contributed by atoms with Crippen molar-refractivity contribution >= 4 is 8.32 Å². The average Bonchev–Trinajstić information content (AvgIpc) is 2.35. The van der Waals surface area contributed by atoms with E-state index in [1.165, 1.54) is 0 Å².